The first kappa shape index (κ1) is 11.9. The molecule has 0 saturated heterocycles. The number of hydrogen-bond donors (Lipinski definition) is 2. The third-order valence-corrected chi connectivity index (χ3v) is 3.53. The Balaban J connectivity index is 1.69. The summed E-state index contributed by atoms with van der Waals surface area (Å²) in [5.74, 6) is -0.105. The van der Waals surface area contributed by atoms with Crippen LogP contribution in [-0.2, 0) is 22.4 Å². The molecule has 0 atom stereocenters. The molecule has 0 radical (unpaired) electrons. The second-order valence-electron chi connectivity index (χ2n) is 4.28. The lowest BCUT2D eigenvalue weighted by molar-refractivity contribution is -0.116. The number of carbonyl (C=O) groups is 2. The summed E-state index contributed by atoms with van der Waals surface area (Å²) in [5, 5.41) is 7.91. The number of nitrogens with one attached hydrogen (secondary N) is 2. The highest BCUT2D eigenvalue weighted by atomic mass is 32.1. The van der Waals surface area contributed by atoms with Gasteiger partial charge in [0.1, 0.15) is 0 Å². The van der Waals surface area contributed by atoms with Crippen molar-refractivity contribution in [3.05, 3.63) is 40.9 Å². The van der Waals surface area contributed by atoms with Crippen molar-refractivity contribution in [2.24, 2.45) is 0 Å². The predicted octanol–water partition coefficient (Wildman–Crippen LogP) is 1.82. The highest BCUT2D eigenvalue weighted by Crippen LogP contribution is 2.24. The second-order valence-corrected chi connectivity index (χ2v) is 5.17. The van der Waals surface area contributed by atoms with Crippen molar-refractivity contribution in [3.63, 3.8) is 0 Å². The molecule has 2 amide bonds. The van der Waals surface area contributed by atoms with Crippen LogP contribution in [0.4, 0.5) is 10.8 Å². The summed E-state index contributed by atoms with van der Waals surface area (Å²) < 4.78 is 0. The number of aromatic nitrogens is 1. The Labute approximate surface area is 113 Å². The monoisotopic (exact) mass is 273 g/mol. The highest BCUT2D eigenvalue weighted by molar-refractivity contribution is 7.13. The number of thiazole rings is 1. The van der Waals surface area contributed by atoms with Gasteiger partial charge in [0.05, 0.1) is 12.8 Å². The molecule has 1 aliphatic rings. The summed E-state index contributed by atoms with van der Waals surface area (Å²) in [4.78, 5) is 27.1. The van der Waals surface area contributed by atoms with E-state index in [1.54, 1.807) is 6.20 Å². The van der Waals surface area contributed by atoms with Gasteiger partial charge in [0, 0.05) is 17.3 Å². The smallest absolute Gasteiger partial charge is 0.230 e. The van der Waals surface area contributed by atoms with Crippen molar-refractivity contribution in [2.45, 2.75) is 12.8 Å². The normalized spacial score (nSPS) is 12.9. The maximum atomic E-state index is 11.8. The first-order valence-electron chi connectivity index (χ1n) is 5.82. The lowest BCUT2D eigenvalue weighted by atomic mass is 10.1. The Kier molecular flexibility index (Phi) is 3.00. The Hall–Kier alpha value is -2.21. The number of hydrogen-bond acceptors (Lipinski definition) is 4. The zero-order valence-electron chi connectivity index (χ0n) is 9.97. The van der Waals surface area contributed by atoms with E-state index in [4.69, 9.17) is 0 Å². The first-order valence-corrected chi connectivity index (χ1v) is 6.70. The Morgan fingerprint density at radius 3 is 3.16 bits per heavy atom. The zero-order chi connectivity index (χ0) is 13.2. The van der Waals surface area contributed by atoms with Gasteiger partial charge in [-0.2, -0.15) is 0 Å². The molecule has 96 valence electrons. The van der Waals surface area contributed by atoms with Crippen LogP contribution in [0.15, 0.2) is 29.8 Å². The molecule has 6 heteroatoms. The van der Waals surface area contributed by atoms with Gasteiger partial charge >= 0.3 is 0 Å². The second kappa shape index (κ2) is 4.81. The molecular formula is C13H11N3O2S. The molecule has 19 heavy (non-hydrogen) atoms. The minimum Gasteiger partial charge on any atom is -0.326 e. The summed E-state index contributed by atoms with van der Waals surface area (Å²) in [5.41, 5.74) is 2.68. The third kappa shape index (κ3) is 2.63. The Bertz CT molecular complexity index is 637. The molecule has 0 bridgehead atoms. The molecule has 3 rings (SSSR count). The van der Waals surface area contributed by atoms with Crippen molar-refractivity contribution in [1.82, 2.24) is 4.98 Å². The van der Waals surface area contributed by atoms with Crippen LogP contribution in [0.1, 0.15) is 11.1 Å². The van der Waals surface area contributed by atoms with Gasteiger partial charge in [-0.15, -0.1) is 11.3 Å². The van der Waals surface area contributed by atoms with E-state index in [0.717, 1.165) is 16.8 Å². The molecule has 2 heterocycles. The van der Waals surface area contributed by atoms with Crippen LogP contribution in [0.25, 0.3) is 0 Å². The fourth-order valence-corrected chi connectivity index (χ4v) is 2.57. The molecule has 1 aromatic carbocycles. The Morgan fingerprint density at radius 1 is 1.47 bits per heavy atom. The van der Waals surface area contributed by atoms with E-state index >= 15 is 0 Å². The lowest BCUT2D eigenvalue weighted by Crippen LogP contribution is -2.14. The third-order valence-electron chi connectivity index (χ3n) is 2.84. The minimum absolute atomic E-state index is 0.000568. The van der Waals surface area contributed by atoms with Gasteiger partial charge in [-0.3, -0.25) is 9.59 Å². The Morgan fingerprint density at radius 2 is 2.37 bits per heavy atom. The van der Waals surface area contributed by atoms with Gasteiger partial charge in [-0.1, -0.05) is 12.1 Å². The van der Waals surface area contributed by atoms with Gasteiger partial charge in [0.25, 0.3) is 0 Å². The standard InChI is InChI=1S/C13H11N3O2S/c17-11(16-13-14-3-4-19-13)6-8-1-2-10-9(5-8)7-12(18)15-10/h1-5H,6-7H2,(H,15,18)(H,14,16,17). The summed E-state index contributed by atoms with van der Waals surface area (Å²) in [6.45, 7) is 0. The van der Waals surface area contributed by atoms with Crippen LogP contribution >= 0.6 is 11.3 Å². The van der Waals surface area contributed by atoms with E-state index in [-0.39, 0.29) is 18.2 Å². The SMILES string of the molecule is O=C(Cc1ccc2c(c1)CC(=O)N2)Nc1nccs1. The fourth-order valence-electron chi connectivity index (χ4n) is 2.03. The van der Waals surface area contributed by atoms with Crippen molar-refractivity contribution >= 4 is 34.0 Å². The van der Waals surface area contributed by atoms with E-state index in [2.05, 4.69) is 15.6 Å². The number of carbonyl (C=O) groups excluding carboxylic acids is 2. The van der Waals surface area contributed by atoms with E-state index in [0.29, 0.717) is 11.6 Å². The number of amides is 2. The van der Waals surface area contributed by atoms with Crippen molar-refractivity contribution in [2.75, 3.05) is 10.6 Å². The molecule has 0 aliphatic carbocycles. The van der Waals surface area contributed by atoms with Gasteiger partial charge in [-0.25, -0.2) is 4.98 Å². The van der Waals surface area contributed by atoms with Gasteiger partial charge in [0.2, 0.25) is 11.8 Å². The molecule has 0 saturated carbocycles. The molecule has 0 spiro atoms. The molecule has 2 N–H and O–H groups in total. The quantitative estimate of drug-likeness (QED) is 0.896. The summed E-state index contributed by atoms with van der Waals surface area (Å²) >= 11 is 1.38. The van der Waals surface area contributed by atoms with E-state index in [9.17, 15) is 9.59 Å². The van der Waals surface area contributed by atoms with Crippen LogP contribution < -0.4 is 10.6 Å². The average Bonchev–Trinajstić information content (AvgIpc) is 2.96. The maximum Gasteiger partial charge on any atom is 0.230 e. The van der Waals surface area contributed by atoms with Gasteiger partial charge in [0.15, 0.2) is 5.13 Å². The van der Waals surface area contributed by atoms with Crippen LogP contribution in [0.3, 0.4) is 0 Å². The van der Waals surface area contributed by atoms with Crippen LogP contribution in [0.5, 0.6) is 0 Å². The average molecular weight is 273 g/mol. The predicted molar refractivity (Wildman–Crippen MR) is 73.2 cm³/mol. The van der Waals surface area contributed by atoms with E-state index in [1.807, 2.05) is 23.6 Å². The largest absolute Gasteiger partial charge is 0.326 e. The summed E-state index contributed by atoms with van der Waals surface area (Å²) in [7, 11) is 0. The van der Waals surface area contributed by atoms with Gasteiger partial charge in [-0.05, 0) is 17.2 Å². The molecule has 0 unspecified atom stereocenters. The van der Waals surface area contributed by atoms with Crippen molar-refractivity contribution in [1.29, 1.82) is 0 Å². The number of rotatable bonds is 3. The lowest BCUT2D eigenvalue weighted by Gasteiger charge is -2.04. The molecule has 5 nitrogen and oxygen atoms in total. The fraction of sp³-hybridized carbons (Fsp3) is 0.154. The van der Waals surface area contributed by atoms with Crippen molar-refractivity contribution < 1.29 is 9.59 Å². The molecule has 1 aromatic heterocycles. The zero-order valence-corrected chi connectivity index (χ0v) is 10.8. The first-order chi connectivity index (χ1) is 9.20. The van der Waals surface area contributed by atoms with E-state index < -0.39 is 0 Å². The van der Waals surface area contributed by atoms with Crippen molar-refractivity contribution in [3.8, 4) is 0 Å². The maximum absolute atomic E-state index is 11.8. The van der Waals surface area contributed by atoms with E-state index in [1.165, 1.54) is 11.3 Å². The minimum atomic E-state index is -0.104. The van der Waals surface area contributed by atoms with Crippen LogP contribution in [-0.4, -0.2) is 16.8 Å². The molecule has 2 aromatic rings. The highest BCUT2D eigenvalue weighted by Gasteiger charge is 2.18. The topological polar surface area (TPSA) is 71.1 Å². The number of fused-ring (bicyclic) bond motifs is 1. The van der Waals surface area contributed by atoms with Crippen LogP contribution in [0, 0.1) is 0 Å². The summed E-state index contributed by atoms with van der Waals surface area (Å²) in [6.07, 6.45) is 2.31. The summed E-state index contributed by atoms with van der Waals surface area (Å²) in [6, 6.07) is 5.59. The molecule has 1 aliphatic heterocycles. The number of anilines is 2. The van der Waals surface area contributed by atoms with Gasteiger partial charge < -0.3 is 10.6 Å². The van der Waals surface area contributed by atoms with Crippen LogP contribution in [0.2, 0.25) is 0 Å². The molecular weight excluding hydrogens is 262 g/mol. The number of benzene rings is 1. The molecule has 0 fully saturated rings. The number of nitrogens with zero attached hydrogens (tertiary/aromatic N) is 1.